The van der Waals surface area contributed by atoms with Crippen molar-refractivity contribution in [3.8, 4) is 23.2 Å². The molecule has 1 aliphatic rings. The zero-order chi connectivity index (χ0) is 21.6. The molecule has 2 bridgehead atoms. The van der Waals surface area contributed by atoms with Gasteiger partial charge in [-0.15, -0.1) is 0 Å². The summed E-state index contributed by atoms with van der Waals surface area (Å²) in [6.07, 6.45) is 1.23. The van der Waals surface area contributed by atoms with Gasteiger partial charge in [-0.3, -0.25) is 4.68 Å². The third kappa shape index (κ3) is 3.55. The smallest absolute Gasteiger partial charge is 0.258 e. The highest BCUT2D eigenvalue weighted by molar-refractivity contribution is 7.61. The Kier molecular flexibility index (Phi) is 4.83. The Bertz CT molecular complexity index is 1250. The summed E-state index contributed by atoms with van der Waals surface area (Å²) in [6, 6.07) is 6.46. The highest BCUT2D eigenvalue weighted by Gasteiger charge is 2.29. The predicted molar refractivity (Wildman–Crippen MR) is 110 cm³/mol. The second-order valence-corrected chi connectivity index (χ2v) is 10.8. The first kappa shape index (κ1) is 20.0. The van der Waals surface area contributed by atoms with E-state index in [2.05, 4.69) is 21.1 Å². The number of ether oxygens (including phenoxy) is 1. The van der Waals surface area contributed by atoms with Crippen molar-refractivity contribution in [2.75, 3.05) is 12.4 Å². The summed E-state index contributed by atoms with van der Waals surface area (Å²) in [5.74, 6) is -0.263. The van der Waals surface area contributed by atoms with Crippen molar-refractivity contribution in [3.63, 3.8) is 0 Å². The summed E-state index contributed by atoms with van der Waals surface area (Å²) in [4.78, 5) is 8.62. The van der Waals surface area contributed by atoms with Gasteiger partial charge in [0.25, 0.3) is 5.88 Å². The van der Waals surface area contributed by atoms with E-state index in [0.29, 0.717) is 22.5 Å². The number of nitrogens with zero attached hydrogens (tertiary/aromatic N) is 5. The fourth-order valence-electron chi connectivity index (χ4n) is 3.73. The van der Waals surface area contributed by atoms with Gasteiger partial charge in [0, 0.05) is 19.4 Å². The molecule has 3 aromatic rings. The average Bonchev–Trinajstić information content (AvgIpc) is 2.98. The van der Waals surface area contributed by atoms with Crippen LogP contribution in [0.1, 0.15) is 35.5 Å². The Morgan fingerprint density at radius 2 is 2.17 bits per heavy atom. The maximum Gasteiger partial charge on any atom is 0.258 e. The van der Waals surface area contributed by atoms with Crippen LogP contribution in [0.4, 0.5) is 10.2 Å². The number of aryl methyl sites for hydroxylation is 1. The van der Waals surface area contributed by atoms with Gasteiger partial charge in [-0.1, -0.05) is 6.07 Å². The van der Waals surface area contributed by atoms with E-state index in [1.165, 1.54) is 23.0 Å². The molecule has 0 amide bonds. The molecule has 30 heavy (non-hydrogen) atoms. The van der Waals surface area contributed by atoms with Crippen LogP contribution in [0.3, 0.4) is 0 Å². The van der Waals surface area contributed by atoms with Crippen molar-refractivity contribution in [1.29, 1.82) is 5.26 Å². The molecule has 0 fully saturated rings. The van der Waals surface area contributed by atoms with Crippen molar-refractivity contribution in [3.05, 3.63) is 52.7 Å². The van der Waals surface area contributed by atoms with Crippen LogP contribution in [0, 0.1) is 17.1 Å². The lowest BCUT2D eigenvalue weighted by molar-refractivity contribution is 0.217. The Labute approximate surface area is 172 Å². The lowest BCUT2D eigenvalue weighted by Gasteiger charge is -2.22. The molecular formula is C20H20FN6O2P. The van der Waals surface area contributed by atoms with Gasteiger partial charge in [-0.05, 0) is 36.8 Å². The van der Waals surface area contributed by atoms with Crippen LogP contribution in [0.2, 0.25) is 0 Å². The van der Waals surface area contributed by atoms with E-state index in [1.807, 2.05) is 0 Å². The molecule has 10 heteroatoms. The maximum absolute atomic E-state index is 14.0. The Morgan fingerprint density at radius 3 is 2.90 bits per heavy atom. The minimum atomic E-state index is -2.81. The zero-order valence-corrected chi connectivity index (χ0v) is 17.7. The number of benzene rings is 1. The number of nitrogen functional groups attached to an aromatic ring is 1. The number of hydrogen-bond acceptors (Lipinski definition) is 7. The number of rotatable bonds is 0. The summed E-state index contributed by atoms with van der Waals surface area (Å²) < 4.78 is 34.9. The van der Waals surface area contributed by atoms with Crippen molar-refractivity contribution in [1.82, 2.24) is 19.7 Å². The van der Waals surface area contributed by atoms with Crippen molar-refractivity contribution in [2.24, 2.45) is 7.05 Å². The number of hydrogen-bond donors (Lipinski definition) is 1. The predicted octanol–water partition coefficient (Wildman–Crippen LogP) is 3.62. The Morgan fingerprint density at radius 1 is 1.40 bits per heavy atom. The van der Waals surface area contributed by atoms with Gasteiger partial charge in [0.15, 0.2) is 5.82 Å². The van der Waals surface area contributed by atoms with Gasteiger partial charge >= 0.3 is 0 Å². The van der Waals surface area contributed by atoms with E-state index in [9.17, 15) is 14.2 Å². The molecule has 154 valence electrons. The molecule has 0 spiro atoms. The SMILES string of the molecule is CC1Oc2nc(cnc2N)-c2c(nn(C)c2C#N)CP(C)(=O)Cc2ccc(F)cc21. The second-order valence-electron chi connectivity index (χ2n) is 7.57. The summed E-state index contributed by atoms with van der Waals surface area (Å²) >= 11 is 0. The molecule has 1 aliphatic heterocycles. The molecule has 2 atom stereocenters. The van der Waals surface area contributed by atoms with Crippen molar-refractivity contribution >= 4 is 13.0 Å². The first-order valence-corrected chi connectivity index (χ1v) is 11.8. The number of nitrogens with two attached hydrogens (primary N) is 1. The molecule has 0 saturated heterocycles. The molecule has 0 saturated carbocycles. The molecule has 0 radical (unpaired) electrons. The van der Waals surface area contributed by atoms with Gasteiger partial charge < -0.3 is 15.0 Å². The van der Waals surface area contributed by atoms with E-state index in [-0.39, 0.29) is 29.7 Å². The van der Waals surface area contributed by atoms with E-state index in [0.717, 1.165) is 5.56 Å². The molecule has 3 heterocycles. The van der Waals surface area contributed by atoms with Gasteiger partial charge in [0.1, 0.15) is 23.7 Å². The Balaban J connectivity index is 1.98. The van der Waals surface area contributed by atoms with E-state index in [4.69, 9.17) is 10.5 Å². The fourth-order valence-corrected chi connectivity index (χ4v) is 5.70. The van der Waals surface area contributed by atoms with Crippen LogP contribution in [-0.2, 0) is 23.9 Å². The number of nitriles is 1. The minimum absolute atomic E-state index is 0.0747. The van der Waals surface area contributed by atoms with E-state index < -0.39 is 19.1 Å². The van der Waals surface area contributed by atoms with Gasteiger partial charge in [-0.2, -0.15) is 10.4 Å². The normalized spacial score (nSPS) is 20.7. The van der Waals surface area contributed by atoms with Crippen LogP contribution >= 0.6 is 7.14 Å². The third-order valence-electron chi connectivity index (χ3n) is 5.07. The van der Waals surface area contributed by atoms with E-state index in [1.54, 1.807) is 26.7 Å². The number of aromatic nitrogens is 4. The summed E-state index contributed by atoms with van der Waals surface area (Å²) in [6.45, 7) is 3.43. The quantitative estimate of drug-likeness (QED) is 0.545. The molecular weight excluding hydrogens is 406 g/mol. The van der Waals surface area contributed by atoms with Crippen LogP contribution in [0.5, 0.6) is 5.88 Å². The number of fused-ring (bicyclic) bond motifs is 5. The monoisotopic (exact) mass is 426 g/mol. The standard InChI is InChI=1S/C20H20FN6O2P/c1-11-14-6-13(21)5-4-12(14)9-30(3,28)10-16-18(17(7-22)27(2)26-16)15-8-24-19(23)20(25-15)29-11/h4-6,8,11H,9-10H2,1-3H3,(H2,23,24). The highest BCUT2D eigenvalue weighted by atomic mass is 31.2. The number of anilines is 1. The zero-order valence-electron chi connectivity index (χ0n) is 16.8. The van der Waals surface area contributed by atoms with Crippen LogP contribution < -0.4 is 10.5 Å². The van der Waals surface area contributed by atoms with Gasteiger partial charge in [0.05, 0.1) is 30.3 Å². The highest BCUT2D eigenvalue weighted by Crippen LogP contribution is 2.51. The molecule has 2 N–H and O–H groups in total. The summed E-state index contributed by atoms with van der Waals surface area (Å²) in [5.41, 5.74) is 8.84. The molecule has 1 aromatic carbocycles. The summed E-state index contributed by atoms with van der Waals surface area (Å²) in [7, 11) is -1.16. The average molecular weight is 426 g/mol. The van der Waals surface area contributed by atoms with Crippen molar-refractivity contribution in [2.45, 2.75) is 25.4 Å². The first-order chi connectivity index (χ1) is 14.2. The lowest BCUT2D eigenvalue weighted by atomic mass is 10.0. The topological polar surface area (TPSA) is 120 Å². The largest absolute Gasteiger partial charge is 0.467 e. The number of halogens is 1. The third-order valence-corrected chi connectivity index (χ3v) is 7.05. The van der Waals surface area contributed by atoms with E-state index >= 15 is 0 Å². The Hall–Kier alpha value is -3.24. The van der Waals surface area contributed by atoms with Crippen LogP contribution in [0.25, 0.3) is 11.3 Å². The van der Waals surface area contributed by atoms with Crippen molar-refractivity contribution < 1.29 is 13.7 Å². The molecule has 2 unspecified atom stereocenters. The fraction of sp³-hybridized carbons (Fsp3) is 0.300. The molecule has 2 aromatic heterocycles. The van der Waals surface area contributed by atoms with Gasteiger partial charge in [-0.25, -0.2) is 14.4 Å². The molecule has 4 rings (SSSR count). The minimum Gasteiger partial charge on any atom is -0.467 e. The van der Waals surface area contributed by atoms with Gasteiger partial charge in [0.2, 0.25) is 0 Å². The molecule has 8 nitrogen and oxygen atoms in total. The van der Waals surface area contributed by atoms with Crippen LogP contribution in [0.15, 0.2) is 24.4 Å². The maximum atomic E-state index is 14.0. The lowest BCUT2D eigenvalue weighted by Crippen LogP contribution is -2.11. The van der Waals surface area contributed by atoms with Crippen LogP contribution in [-0.4, -0.2) is 26.4 Å². The summed E-state index contributed by atoms with van der Waals surface area (Å²) in [5, 5.41) is 14.1. The molecule has 0 aliphatic carbocycles. The second kappa shape index (κ2) is 7.22. The first-order valence-electron chi connectivity index (χ1n) is 9.28.